The number of aromatic nitrogens is 2. The van der Waals surface area contributed by atoms with E-state index in [1.54, 1.807) is 24.0 Å². The first-order valence-electron chi connectivity index (χ1n) is 8.40. The summed E-state index contributed by atoms with van der Waals surface area (Å²) in [6.45, 7) is 5.34. The minimum atomic E-state index is -1.01. The molecule has 2 heterocycles. The fraction of sp³-hybridized carbons (Fsp3) is 0.333. The SMILES string of the molecule is CCNc1ncc2c(n1)N(C)CCN(c1cccc(C(=O)O)c1C)C2=O. The summed E-state index contributed by atoms with van der Waals surface area (Å²) in [5, 5.41) is 12.4. The van der Waals surface area contributed by atoms with Gasteiger partial charge in [0.05, 0.1) is 5.56 Å². The Morgan fingerprint density at radius 2 is 2.12 bits per heavy atom. The summed E-state index contributed by atoms with van der Waals surface area (Å²) in [6, 6.07) is 4.95. The van der Waals surface area contributed by atoms with Crippen molar-refractivity contribution in [2.45, 2.75) is 13.8 Å². The van der Waals surface area contributed by atoms with Crippen molar-refractivity contribution in [3.05, 3.63) is 41.1 Å². The van der Waals surface area contributed by atoms with E-state index in [-0.39, 0.29) is 11.5 Å². The first-order chi connectivity index (χ1) is 12.4. The molecule has 8 nitrogen and oxygen atoms in total. The number of nitrogens with one attached hydrogen (secondary N) is 1. The van der Waals surface area contributed by atoms with Crippen LogP contribution in [-0.4, -0.2) is 53.6 Å². The van der Waals surface area contributed by atoms with Crippen LogP contribution in [0, 0.1) is 6.92 Å². The molecule has 0 bridgehead atoms. The first-order valence-corrected chi connectivity index (χ1v) is 8.40. The van der Waals surface area contributed by atoms with Crippen molar-refractivity contribution in [3.8, 4) is 0 Å². The van der Waals surface area contributed by atoms with Crippen molar-refractivity contribution in [2.75, 3.05) is 41.8 Å². The number of carboxylic acids is 1. The Bertz CT molecular complexity index is 868. The predicted octanol–water partition coefficient (Wildman–Crippen LogP) is 2.01. The van der Waals surface area contributed by atoms with Crippen LogP contribution < -0.4 is 15.1 Å². The Kier molecular flexibility index (Phi) is 4.75. The quantitative estimate of drug-likeness (QED) is 0.865. The van der Waals surface area contributed by atoms with Gasteiger partial charge in [-0.3, -0.25) is 4.79 Å². The van der Waals surface area contributed by atoms with E-state index in [2.05, 4.69) is 15.3 Å². The molecule has 0 aliphatic carbocycles. The van der Waals surface area contributed by atoms with E-state index in [4.69, 9.17) is 0 Å². The smallest absolute Gasteiger partial charge is 0.336 e. The van der Waals surface area contributed by atoms with Crippen LogP contribution in [0.2, 0.25) is 0 Å². The molecular weight excluding hydrogens is 334 g/mol. The van der Waals surface area contributed by atoms with Gasteiger partial charge in [-0.05, 0) is 31.5 Å². The molecule has 0 spiro atoms. The van der Waals surface area contributed by atoms with Gasteiger partial charge in [-0.1, -0.05) is 6.07 Å². The lowest BCUT2D eigenvalue weighted by molar-refractivity contribution is 0.0695. The van der Waals surface area contributed by atoms with E-state index in [0.29, 0.717) is 48.2 Å². The van der Waals surface area contributed by atoms with Crippen molar-refractivity contribution < 1.29 is 14.7 Å². The lowest BCUT2D eigenvalue weighted by Crippen LogP contribution is -2.34. The van der Waals surface area contributed by atoms with Crippen LogP contribution in [-0.2, 0) is 0 Å². The maximum Gasteiger partial charge on any atom is 0.336 e. The Labute approximate surface area is 151 Å². The fourth-order valence-electron chi connectivity index (χ4n) is 3.04. The molecule has 1 aliphatic rings. The minimum absolute atomic E-state index is 0.187. The number of nitrogens with zero attached hydrogens (tertiary/aromatic N) is 4. The molecule has 1 aromatic heterocycles. The van der Waals surface area contributed by atoms with Crippen molar-refractivity contribution in [3.63, 3.8) is 0 Å². The standard InChI is InChI=1S/C18H21N5O3/c1-4-19-18-20-10-13-15(21-18)22(3)8-9-23(16(13)24)14-7-5-6-12(11(14)2)17(25)26/h5-7,10H,4,8-9H2,1-3H3,(H,25,26)(H,19,20,21). The molecule has 0 fully saturated rings. The topological polar surface area (TPSA) is 98.7 Å². The molecule has 0 saturated carbocycles. The van der Waals surface area contributed by atoms with Crippen molar-refractivity contribution >= 4 is 29.3 Å². The molecule has 1 amide bonds. The van der Waals surface area contributed by atoms with Crippen LogP contribution in [0.3, 0.4) is 0 Å². The van der Waals surface area contributed by atoms with Gasteiger partial charge in [0, 0.05) is 38.6 Å². The average Bonchev–Trinajstić information content (AvgIpc) is 2.73. The third kappa shape index (κ3) is 3.05. The molecule has 3 rings (SSSR count). The number of benzene rings is 1. The monoisotopic (exact) mass is 355 g/mol. The number of likely N-dealkylation sites (N-methyl/N-ethyl adjacent to an activating group) is 1. The number of aromatic carboxylic acids is 1. The van der Waals surface area contributed by atoms with Crippen LogP contribution in [0.1, 0.15) is 33.2 Å². The van der Waals surface area contributed by atoms with Crippen molar-refractivity contribution in [2.24, 2.45) is 0 Å². The van der Waals surface area contributed by atoms with Crippen molar-refractivity contribution in [1.29, 1.82) is 0 Å². The molecule has 1 aromatic carbocycles. The van der Waals surface area contributed by atoms with Gasteiger partial charge >= 0.3 is 5.97 Å². The van der Waals surface area contributed by atoms with Crippen LogP contribution >= 0.6 is 0 Å². The number of carbonyl (C=O) groups excluding carboxylic acids is 1. The van der Waals surface area contributed by atoms with Crippen LogP contribution in [0.4, 0.5) is 17.5 Å². The largest absolute Gasteiger partial charge is 0.478 e. The molecule has 26 heavy (non-hydrogen) atoms. The summed E-state index contributed by atoms with van der Waals surface area (Å²) in [5.41, 5.74) is 1.73. The van der Waals surface area contributed by atoms with Gasteiger partial charge in [-0.15, -0.1) is 0 Å². The lowest BCUT2D eigenvalue weighted by Gasteiger charge is -2.23. The number of fused-ring (bicyclic) bond motifs is 1. The molecular formula is C18H21N5O3. The third-order valence-corrected chi connectivity index (χ3v) is 4.43. The van der Waals surface area contributed by atoms with Gasteiger partial charge in [-0.25, -0.2) is 9.78 Å². The number of carboxylic acid groups (broad SMARTS) is 1. The lowest BCUT2D eigenvalue weighted by atomic mass is 10.1. The van der Waals surface area contributed by atoms with E-state index < -0.39 is 5.97 Å². The highest BCUT2D eigenvalue weighted by Crippen LogP contribution is 2.29. The number of rotatable bonds is 4. The molecule has 2 aromatic rings. The number of hydrogen-bond acceptors (Lipinski definition) is 6. The zero-order chi connectivity index (χ0) is 18.8. The summed E-state index contributed by atoms with van der Waals surface area (Å²) >= 11 is 0. The highest BCUT2D eigenvalue weighted by atomic mass is 16.4. The molecule has 0 radical (unpaired) electrons. The summed E-state index contributed by atoms with van der Waals surface area (Å²) in [6.07, 6.45) is 1.52. The van der Waals surface area contributed by atoms with E-state index in [9.17, 15) is 14.7 Å². The van der Waals surface area contributed by atoms with Gasteiger partial charge in [-0.2, -0.15) is 4.98 Å². The van der Waals surface area contributed by atoms with E-state index in [0.717, 1.165) is 0 Å². The molecule has 0 atom stereocenters. The third-order valence-electron chi connectivity index (χ3n) is 4.43. The normalized spacial score (nSPS) is 14.0. The minimum Gasteiger partial charge on any atom is -0.478 e. The predicted molar refractivity (Wildman–Crippen MR) is 99.3 cm³/mol. The number of anilines is 3. The Balaban J connectivity index is 2.06. The van der Waals surface area contributed by atoms with Crippen LogP contribution in [0.5, 0.6) is 0 Å². The van der Waals surface area contributed by atoms with Gasteiger partial charge in [0.1, 0.15) is 11.4 Å². The second-order valence-electron chi connectivity index (χ2n) is 6.09. The number of hydrogen-bond donors (Lipinski definition) is 2. The van der Waals surface area contributed by atoms with E-state index in [1.807, 2.05) is 18.9 Å². The Morgan fingerprint density at radius 3 is 2.81 bits per heavy atom. The summed E-state index contributed by atoms with van der Waals surface area (Å²) in [4.78, 5) is 36.7. The summed E-state index contributed by atoms with van der Waals surface area (Å²) in [5.74, 6) is -0.209. The molecule has 1 aliphatic heterocycles. The summed E-state index contributed by atoms with van der Waals surface area (Å²) in [7, 11) is 1.87. The Morgan fingerprint density at radius 1 is 1.35 bits per heavy atom. The van der Waals surface area contributed by atoms with Gasteiger partial charge in [0.2, 0.25) is 5.95 Å². The highest BCUT2D eigenvalue weighted by molar-refractivity contribution is 6.10. The number of carbonyl (C=O) groups is 2. The zero-order valence-electron chi connectivity index (χ0n) is 15.0. The Hall–Kier alpha value is -3.16. The maximum atomic E-state index is 13.1. The molecule has 0 saturated heterocycles. The van der Waals surface area contributed by atoms with Gasteiger partial charge in [0.25, 0.3) is 5.91 Å². The molecule has 8 heteroatoms. The van der Waals surface area contributed by atoms with Crippen molar-refractivity contribution in [1.82, 2.24) is 9.97 Å². The average molecular weight is 355 g/mol. The van der Waals surface area contributed by atoms with E-state index >= 15 is 0 Å². The molecule has 136 valence electrons. The first kappa shape index (κ1) is 17.7. The zero-order valence-corrected chi connectivity index (χ0v) is 15.0. The highest BCUT2D eigenvalue weighted by Gasteiger charge is 2.29. The van der Waals surface area contributed by atoms with Gasteiger partial charge in [0.15, 0.2) is 0 Å². The molecule has 2 N–H and O–H groups in total. The van der Waals surface area contributed by atoms with Gasteiger partial charge < -0.3 is 20.2 Å². The fourth-order valence-corrected chi connectivity index (χ4v) is 3.04. The van der Waals surface area contributed by atoms with Crippen LogP contribution in [0.15, 0.2) is 24.4 Å². The molecule has 0 unspecified atom stereocenters. The maximum absolute atomic E-state index is 13.1. The second-order valence-corrected chi connectivity index (χ2v) is 6.09. The van der Waals surface area contributed by atoms with Crippen LogP contribution in [0.25, 0.3) is 0 Å². The number of amides is 1. The summed E-state index contributed by atoms with van der Waals surface area (Å²) < 4.78 is 0. The second kappa shape index (κ2) is 6.99. The van der Waals surface area contributed by atoms with E-state index in [1.165, 1.54) is 12.3 Å².